The summed E-state index contributed by atoms with van der Waals surface area (Å²) in [6, 6.07) is 10.0. The zero-order valence-electron chi connectivity index (χ0n) is 9.56. The molecule has 1 aromatic carbocycles. The normalized spacial score (nSPS) is 11.8. The van der Waals surface area contributed by atoms with Gasteiger partial charge < -0.3 is 0 Å². The number of benzene rings is 1. The van der Waals surface area contributed by atoms with Crippen molar-refractivity contribution in [3.63, 3.8) is 0 Å². The highest BCUT2D eigenvalue weighted by Gasteiger charge is 2.22. The molecular formula is C12H8IN3O2S. The van der Waals surface area contributed by atoms with E-state index in [2.05, 4.69) is 9.97 Å². The van der Waals surface area contributed by atoms with Crippen LogP contribution in [0.3, 0.4) is 0 Å². The molecule has 19 heavy (non-hydrogen) atoms. The number of nitrogens with zero attached hydrogens (tertiary/aromatic N) is 3. The summed E-state index contributed by atoms with van der Waals surface area (Å²) in [5.74, 6) is 0. The van der Waals surface area contributed by atoms with Crippen molar-refractivity contribution in [3.05, 3.63) is 52.6 Å². The van der Waals surface area contributed by atoms with Crippen LogP contribution in [-0.4, -0.2) is 22.4 Å². The molecule has 0 N–H and O–H groups in total. The van der Waals surface area contributed by atoms with Crippen molar-refractivity contribution in [2.45, 2.75) is 4.90 Å². The van der Waals surface area contributed by atoms with Crippen molar-refractivity contribution in [1.29, 1.82) is 0 Å². The lowest BCUT2D eigenvalue weighted by Gasteiger charge is -2.07. The molecule has 0 bridgehead atoms. The van der Waals surface area contributed by atoms with Crippen molar-refractivity contribution in [1.82, 2.24) is 13.9 Å². The monoisotopic (exact) mass is 385 g/mol. The fourth-order valence-corrected chi connectivity index (χ4v) is 4.54. The Morgan fingerprint density at radius 2 is 1.89 bits per heavy atom. The lowest BCUT2D eigenvalue weighted by atomic mass is 10.4. The van der Waals surface area contributed by atoms with E-state index in [-0.39, 0.29) is 4.90 Å². The van der Waals surface area contributed by atoms with E-state index in [0.29, 0.717) is 14.7 Å². The molecule has 0 unspecified atom stereocenters. The van der Waals surface area contributed by atoms with E-state index in [4.69, 9.17) is 0 Å². The highest BCUT2D eigenvalue weighted by molar-refractivity contribution is 14.1. The van der Waals surface area contributed by atoms with Gasteiger partial charge in [-0.05, 0) is 40.8 Å². The first-order valence-electron chi connectivity index (χ1n) is 5.38. The van der Waals surface area contributed by atoms with Gasteiger partial charge >= 0.3 is 0 Å². The van der Waals surface area contributed by atoms with Crippen LogP contribution in [0.2, 0.25) is 0 Å². The second-order valence-corrected chi connectivity index (χ2v) is 6.74. The maximum atomic E-state index is 12.6. The van der Waals surface area contributed by atoms with Crippen LogP contribution in [-0.2, 0) is 10.0 Å². The van der Waals surface area contributed by atoms with Crippen LogP contribution in [0, 0.1) is 3.70 Å². The Labute approximate surface area is 123 Å². The van der Waals surface area contributed by atoms with Crippen LogP contribution < -0.4 is 0 Å². The van der Waals surface area contributed by atoms with E-state index < -0.39 is 10.0 Å². The van der Waals surface area contributed by atoms with Gasteiger partial charge in [-0.1, -0.05) is 18.2 Å². The van der Waals surface area contributed by atoms with Crippen LogP contribution in [0.1, 0.15) is 0 Å². The molecule has 0 aliphatic heterocycles. The minimum Gasteiger partial charge on any atom is -0.244 e. The summed E-state index contributed by atoms with van der Waals surface area (Å²) in [6.45, 7) is 0. The molecule has 0 saturated heterocycles. The zero-order chi connectivity index (χ0) is 13.5. The second kappa shape index (κ2) is 4.57. The average molecular weight is 385 g/mol. The van der Waals surface area contributed by atoms with E-state index in [0.717, 1.165) is 0 Å². The lowest BCUT2D eigenvalue weighted by molar-refractivity contribution is 0.588. The molecule has 2 heterocycles. The van der Waals surface area contributed by atoms with E-state index in [1.54, 1.807) is 42.6 Å². The standard InChI is InChI=1S/C12H8IN3O2S/c13-11-6-9-7-14-8-15-12(9)16(11)19(17,18)10-4-2-1-3-5-10/h1-8H. The molecule has 7 heteroatoms. The molecule has 0 amide bonds. The molecule has 3 rings (SSSR count). The summed E-state index contributed by atoms with van der Waals surface area (Å²) in [6.07, 6.45) is 2.94. The number of rotatable bonds is 2. The van der Waals surface area contributed by atoms with Gasteiger partial charge in [0.25, 0.3) is 10.0 Å². The molecule has 5 nitrogen and oxygen atoms in total. The highest BCUT2D eigenvalue weighted by atomic mass is 127. The molecule has 2 aromatic heterocycles. The van der Waals surface area contributed by atoms with E-state index in [9.17, 15) is 8.42 Å². The lowest BCUT2D eigenvalue weighted by Crippen LogP contribution is -2.14. The summed E-state index contributed by atoms with van der Waals surface area (Å²) in [5, 5.41) is 0.700. The Morgan fingerprint density at radius 1 is 1.16 bits per heavy atom. The minimum atomic E-state index is -3.63. The van der Waals surface area contributed by atoms with E-state index in [1.807, 2.05) is 22.6 Å². The Hall–Kier alpha value is -1.48. The van der Waals surface area contributed by atoms with Gasteiger partial charge in [-0.3, -0.25) is 0 Å². The molecule has 3 aromatic rings. The molecule has 96 valence electrons. The number of halogens is 1. The van der Waals surface area contributed by atoms with Gasteiger partial charge in [0.05, 0.1) is 8.60 Å². The molecule has 0 spiro atoms. The third-order valence-electron chi connectivity index (χ3n) is 2.66. The Morgan fingerprint density at radius 3 is 2.63 bits per heavy atom. The molecule has 0 saturated carbocycles. The summed E-state index contributed by atoms with van der Waals surface area (Å²) in [4.78, 5) is 8.20. The second-order valence-electron chi connectivity index (χ2n) is 3.85. The van der Waals surface area contributed by atoms with Crippen LogP contribution in [0.15, 0.2) is 53.8 Å². The van der Waals surface area contributed by atoms with Gasteiger partial charge in [0.2, 0.25) is 0 Å². The molecule has 0 aliphatic carbocycles. The van der Waals surface area contributed by atoms with Crippen LogP contribution in [0.5, 0.6) is 0 Å². The van der Waals surface area contributed by atoms with E-state index >= 15 is 0 Å². The molecule has 0 fully saturated rings. The fourth-order valence-electron chi connectivity index (χ4n) is 1.82. The molecule has 0 aliphatic rings. The van der Waals surface area contributed by atoms with Crippen LogP contribution in [0.4, 0.5) is 0 Å². The SMILES string of the molecule is O=S(=O)(c1ccccc1)n1c(I)cc2cncnc21. The molecule has 0 radical (unpaired) electrons. The summed E-state index contributed by atoms with van der Waals surface area (Å²) < 4.78 is 27.1. The summed E-state index contributed by atoms with van der Waals surface area (Å²) in [5.41, 5.74) is 0.392. The maximum absolute atomic E-state index is 12.6. The van der Waals surface area contributed by atoms with Gasteiger partial charge in [-0.2, -0.15) is 0 Å². The fraction of sp³-hybridized carbons (Fsp3) is 0. The van der Waals surface area contributed by atoms with Crippen LogP contribution in [0.25, 0.3) is 11.0 Å². The van der Waals surface area contributed by atoms with E-state index in [1.165, 1.54) is 10.3 Å². The third-order valence-corrected chi connectivity index (χ3v) is 5.50. The first-order valence-corrected chi connectivity index (χ1v) is 7.90. The molecule has 0 atom stereocenters. The topological polar surface area (TPSA) is 64.8 Å². The average Bonchev–Trinajstić information content (AvgIpc) is 2.76. The quantitative estimate of drug-likeness (QED) is 0.635. The summed E-state index contributed by atoms with van der Waals surface area (Å²) >= 11 is 1.98. The first-order chi connectivity index (χ1) is 9.10. The van der Waals surface area contributed by atoms with Gasteiger partial charge in [0.15, 0.2) is 5.65 Å². The van der Waals surface area contributed by atoms with Crippen molar-refractivity contribution in [3.8, 4) is 0 Å². The maximum Gasteiger partial charge on any atom is 0.270 e. The van der Waals surface area contributed by atoms with Crippen molar-refractivity contribution in [2.24, 2.45) is 0 Å². The Bertz CT molecular complexity index is 844. The van der Waals surface area contributed by atoms with Crippen molar-refractivity contribution >= 4 is 43.6 Å². The summed E-state index contributed by atoms with van der Waals surface area (Å²) in [7, 11) is -3.63. The number of hydrogen-bond donors (Lipinski definition) is 0. The van der Waals surface area contributed by atoms with Gasteiger partial charge in [0.1, 0.15) is 6.33 Å². The first kappa shape index (κ1) is 12.5. The van der Waals surface area contributed by atoms with Crippen molar-refractivity contribution < 1.29 is 8.42 Å². The predicted octanol–water partition coefficient (Wildman–Crippen LogP) is 2.27. The smallest absolute Gasteiger partial charge is 0.244 e. The number of aromatic nitrogens is 3. The van der Waals surface area contributed by atoms with Crippen molar-refractivity contribution in [2.75, 3.05) is 0 Å². The van der Waals surface area contributed by atoms with Gasteiger partial charge in [0, 0.05) is 11.6 Å². The minimum absolute atomic E-state index is 0.240. The Kier molecular flexibility index (Phi) is 3.02. The number of fused-ring (bicyclic) bond motifs is 1. The number of hydrogen-bond acceptors (Lipinski definition) is 4. The zero-order valence-corrected chi connectivity index (χ0v) is 12.5. The Balaban J connectivity index is 2.34. The molecular weight excluding hydrogens is 377 g/mol. The third kappa shape index (κ3) is 2.02. The highest BCUT2D eigenvalue weighted by Crippen LogP contribution is 2.24. The predicted molar refractivity (Wildman–Crippen MR) is 79.3 cm³/mol. The largest absolute Gasteiger partial charge is 0.270 e. The van der Waals surface area contributed by atoms with Gasteiger partial charge in [-0.15, -0.1) is 0 Å². The van der Waals surface area contributed by atoms with Gasteiger partial charge in [-0.25, -0.2) is 22.4 Å². The van der Waals surface area contributed by atoms with Crippen LogP contribution >= 0.6 is 22.6 Å².